The molecular weight excluding hydrogens is 278 g/mol. The summed E-state index contributed by atoms with van der Waals surface area (Å²) in [5, 5.41) is 13.8. The average molecular weight is 289 g/mol. The van der Waals surface area contributed by atoms with Gasteiger partial charge in [-0.25, -0.2) is 4.39 Å². The van der Waals surface area contributed by atoms with Crippen LogP contribution in [-0.2, 0) is 12.1 Å². The zero-order valence-electron chi connectivity index (χ0n) is 10.4. The van der Waals surface area contributed by atoms with Crippen LogP contribution in [0.5, 0.6) is 0 Å². The van der Waals surface area contributed by atoms with Crippen LogP contribution in [-0.4, -0.2) is 26.0 Å². The number of hydrogen-bond acceptors (Lipinski definition) is 3. The molecule has 0 bridgehead atoms. The number of rotatable bonds is 3. The van der Waals surface area contributed by atoms with E-state index in [9.17, 15) is 22.7 Å². The second kappa shape index (κ2) is 4.86. The average Bonchev–Trinajstić information content (AvgIpc) is 2.69. The van der Waals surface area contributed by atoms with E-state index in [0.29, 0.717) is 10.9 Å². The third-order valence-corrected chi connectivity index (χ3v) is 2.76. The standard InChI is InChI=1S/C12H11F4N3O/c1-11(20,8-2-4-17-5-3-8)10-9(13)6-19(18-10)7-12(14,15)16/h2-6,20H,7H2,1H3. The highest BCUT2D eigenvalue weighted by Crippen LogP contribution is 2.29. The maximum absolute atomic E-state index is 13.7. The topological polar surface area (TPSA) is 50.9 Å². The molecule has 0 saturated heterocycles. The van der Waals surface area contributed by atoms with Crippen molar-refractivity contribution in [3.63, 3.8) is 0 Å². The summed E-state index contributed by atoms with van der Waals surface area (Å²) in [5.41, 5.74) is -2.03. The molecule has 1 unspecified atom stereocenters. The molecule has 8 heteroatoms. The molecule has 0 aromatic carbocycles. The normalized spacial score (nSPS) is 15.1. The van der Waals surface area contributed by atoms with Gasteiger partial charge in [-0.1, -0.05) is 0 Å². The Morgan fingerprint density at radius 2 is 1.85 bits per heavy atom. The van der Waals surface area contributed by atoms with Crippen molar-refractivity contribution in [3.05, 3.63) is 47.8 Å². The van der Waals surface area contributed by atoms with Crippen molar-refractivity contribution in [2.24, 2.45) is 0 Å². The summed E-state index contributed by atoms with van der Waals surface area (Å²) < 4.78 is 50.9. The van der Waals surface area contributed by atoms with Gasteiger partial charge in [0.15, 0.2) is 5.82 Å². The van der Waals surface area contributed by atoms with Crippen LogP contribution in [0.25, 0.3) is 0 Å². The fraction of sp³-hybridized carbons (Fsp3) is 0.333. The molecule has 1 atom stereocenters. The minimum atomic E-state index is -4.52. The van der Waals surface area contributed by atoms with E-state index in [-0.39, 0.29) is 5.56 Å². The molecule has 0 fully saturated rings. The highest BCUT2D eigenvalue weighted by Gasteiger charge is 2.34. The van der Waals surface area contributed by atoms with Gasteiger partial charge in [-0.15, -0.1) is 0 Å². The number of alkyl halides is 3. The van der Waals surface area contributed by atoms with Gasteiger partial charge in [-0.2, -0.15) is 18.3 Å². The summed E-state index contributed by atoms with van der Waals surface area (Å²) in [6.07, 6.45) is -1.14. The van der Waals surface area contributed by atoms with E-state index < -0.39 is 29.8 Å². The van der Waals surface area contributed by atoms with E-state index in [1.54, 1.807) is 0 Å². The minimum Gasteiger partial charge on any atom is -0.379 e. The van der Waals surface area contributed by atoms with Gasteiger partial charge in [-0.3, -0.25) is 9.67 Å². The van der Waals surface area contributed by atoms with E-state index in [1.165, 1.54) is 31.5 Å². The lowest BCUT2D eigenvalue weighted by Gasteiger charge is -2.21. The second-order valence-corrected chi connectivity index (χ2v) is 4.45. The van der Waals surface area contributed by atoms with Gasteiger partial charge in [0.05, 0.1) is 6.20 Å². The highest BCUT2D eigenvalue weighted by molar-refractivity contribution is 5.29. The van der Waals surface area contributed by atoms with E-state index >= 15 is 0 Å². The third kappa shape index (κ3) is 2.96. The van der Waals surface area contributed by atoms with Crippen LogP contribution in [0, 0.1) is 5.82 Å². The number of nitrogens with zero attached hydrogens (tertiary/aromatic N) is 3. The van der Waals surface area contributed by atoms with E-state index in [2.05, 4.69) is 10.1 Å². The largest absolute Gasteiger partial charge is 0.408 e. The number of aliphatic hydroxyl groups is 1. The van der Waals surface area contributed by atoms with E-state index in [4.69, 9.17) is 0 Å². The van der Waals surface area contributed by atoms with Crippen molar-refractivity contribution >= 4 is 0 Å². The first-order chi connectivity index (χ1) is 9.20. The molecule has 20 heavy (non-hydrogen) atoms. The van der Waals surface area contributed by atoms with E-state index in [1.807, 2.05) is 0 Å². The Balaban J connectivity index is 2.38. The summed E-state index contributed by atoms with van der Waals surface area (Å²) in [4.78, 5) is 3.75. The zero-order valence-corrected chi connectivity index (χ0v) is 10.4. The summed E-state index contributed by atoms with van der Waals surface area (Å²) in [6, 6.07) is 2.87. The smallest absolute Gasteiger partial charge is 0.379 e. The van der Waals surface area contributed by atoms with Crippen LogP contribution in [0.4, 0.5) is 17.6 Å². The Labute approximate surface area is 111 Å². The van der Waals surface area contributed by atoms with Crippen LogP contribution < -0.4 is 0 Å². The van der Waals surface area contributed by atoms with Crippen molar-refractivity contribution in [3.8, 4) is 0 Å². The molecule has 108 valence electrons. The molecule has 0 spiro atoms. The van der Waals surface area contributed by atoms with Gasteiger partial charge < -0.3 is 5.11 Å². The van der Waals surface area contributed by atoms with Crippen molar-refractivity contribution in [1.29, 1.82) is 0 Å². The predicted molar refractivity (Wildman–Crippen MR) is 61.1 cm³/mol. The monoisotopic (exact) mass is 289 g/mol. The lowest BCUT2D eigenvalue weighted by molar-refractivity contribution is -0.142. The Hall–Kier alpha value is -1.96. The predicted octanol–water partition coefficient (Wildman–Crippen LogP) is 2.24. The van der Waals surface area contributed by atoms with E-state index in [0.717, 1.165) is 0 Å². The number of aromatic nitrogens is 3. The maximum Gasteiger partial charge on any atom is 0.408 e. The molecule has 4 nitrogen and oxygen atoms in total. The number of hydrogen-bond donors (Lipinski definition) is 1. The molecule has 2 aromatic heterocycles. The second-order valence-electron chi connectivity index (χ2n) is 4.45. The summed E-state index contributed by atoms with van der Waals surface area (Å²) >= 11 is 0. The van der Waals surface area contributed by atoms with Gasteiger partial charge in [0.25, 0.3) is 0 Å². The highest BCUT2D eigenvalue weighted by atomic mass is 19.4. The number of pyridine rings is 1. The van der Waals surface area contributed by atoms with Crippen molar-refractivity contribution < 1.29 is 22.7 Å². The molecule has 0 aliphatic rings. The summed E-state index contributed by atoms with van der Waals surface area (Å²) in [5.74, 6) is -1.00. The van der Waals surface area contributed by atoms with Crippen LogP contribution in [0.3, 0.4) is 0 Å². The Kier molecular flexibility index (Phi) is 3.51. The molecule has 2 rings (SSSR count). The Morgan fingerprint density at radius 1 is 1.25 bits per heavy atom. The molecule has 2 heterocycles. The maximum atomic E-state index is 13.7. The first-order valence-corrected chi connectivity index (χ1v) is 5.63. The molecule has 2 aromatic rings. The lowest BCUT2D eigenvalue weighted by Crippen LogP contribution is -2.25. The molecule has 0 radical (unpaired) electrons. The zero-order chi connectivity index (χ0) is 15.0. The van der Waals surface area contributed by atoms with Crippen LogP contribution in [0.15, 0.2) is 30.7 Å². The first-order valence-electron chi connectivity index (χ1n) is 5.63. The first kappa shape index (κ1) is 14.4. The molecule has 0 saturated carbocycles. The fourth-order valence-electron chi connectivity index (χ4n) is 1.80. The Morgan fingerprint density at radius 3 is 2.40 bits per heavy atom. The third-order valence-electron chi connectivity index (χ3n) is 2.76. The fourth-order valence-corrected chi connectivity index (χ4v) is 1.80. The summed E-state index contributed by atoms with van der Waals surface area (Å²) in [7, 11) is 0. The van der Waals surface area contributed by atoms with Gasteiger partial charge in [0.1, 0.15) is 17.8 Å². The number of halogens is 4. The Bertz CT molecular complexity index is 592. The molecule has 0 aliphatic carbocycles. The van der Waals surface area contributed by atoms with Gasteiger partial charge in [-0.05, 0) is 24.6 Å². The van der Waals surface area contributed by atoms with Gasteiger partial charge in [0, 0.05) is 12.4 Å². The van der Waals surface area contributed by atoms with Crippen molar-refractivity contribution in [2.75, 3.05) is 0 Å². The van der Waals surface area contributed by atoms with Crippen molar-refractivity contribution in [2.45, 2.75) is 25.2 Å². The van der Waals surface area contributed by atoms with Crippen molar-refractivity contribution in [1.82, 2.24) is 14.8 Å². The SMILES string of the molecule is CC(O)(c1ccncc1)c1nn(CC(F)(F)F)cc1F. The van der Waals surface area contributed by atoms with Crippen LogP contribution in [0.1, 0.15) is 18.2 Å². The van der Waals surface area contributed by atoms with Crippen LogP contribution in [0.2, 0.25) is 0 Å². The summed E-state index contributed by atoms with van der Waals surface area (Å²) in [6.45, 7) is -0.165. The lowest BCUT2D eigenvalue weighted by atomic mass is 9.93. The van der Waals surface area contributed by atoms with Gasteiger partial charge in [0.2, 0.25) is 0 Å². The molecule has 1 N–H and O–H groups in total. The molecule has 0 amide bonds. The molecular formula is C12H11F4N3O. The quantitative estimate of drug-likeness (QED) is 0.882. The minimum absolute atomic E-state index is 0.281. The van der Waals surface area contributed by atoms with Gasteiger partial charge >= 0.3 is 6.18 Å². The molecule has 0 aliphatic heterocycles. The van der Waals surface area contributed by atoms with Crippen LogP contribution >= 0.6 is 0 Å².